The van der Waals surface area contributed by atoms with E-state index in [9.17, 15) is 0 Å². The van der Waals surface area contributed by atoms with Crippen LogP contribution in [0.15, 0.2) is 24.5 Å². The molecule has 3 heteroatoms. The first-order valence-corrected chi connectivity index (χ1v) is 5.66. The Labute approximate surface area is 96.9 Å². The van der Waals surface area contributed by atoms with E-state index >= 15 is 0 Å². The van der Waals surface area contributed by atoms with Gasteiger partial charge in [0.1, 0.15) is 6.33 Å². The molecular formula is C11H11IN2. The van der Waals surface area contributed by atoms with Crippen molar-refractivity contribution < 1.29 is 0 Å². The molecule has 0 unspecified atom stereocenters. The first kappa shape index (κ1) is 9.83. The van der Waals surface area contributed by atoms with Gasteiger partial charge in [-0.3, -0.25) is 0 Å². The lowest BCUT2D eigenvalue weighted by Gasteiger charge is -2.07. The van der Waals surface area contributed by atoms with E-state index in [1.54, 1.807) is 6.33 Å². The van der Waals surface area contributed by atoms with Crippen molar-refractivity contribution in [1.29, 1.82) is 0 Å². The van der Waals surface area contributed by atoms with E-state index in [1.165, 1.54) is 8.96 Å². The van der Waals surface area contributed by atoms with Crippen LogP contribution in [0.5, 0.6) is 0 Å². The van der Waals surface area contributed by atoms with Gasteiger partial charge in [0.05, 0.1) is 11.2 Å². The molecule has 72 valence electrons. The highest BCUT2D eigenvalue weighted by molar-refractivity contribution is 14.1. The highest BCUT2D eigenvalue weighted by Crippen LogP contribution is 2.23. The summed E-state index contributed by atoms with van der Waals surface area (Å²) in [6, 6.07) is 6.26. The molecule has 0 amide bonds. The maximum absolute atomic E-state index is 4.33. The number of fused-ring (bicyclic) bond motifs is 1. The topological polar surface area (TPSA) is 25.8 Å². The fourth-order valence-electron chi connectivity index (χ4n) is 1.51. The second kappa shape index (κ2) is 3.81. The molecule has 0 atom stereocenters. The van der Waals surface area contributed by atoms with Crippen LogP contribution in [0, 0.1) is 3.57 Å². The van der Waals surface area contributed by atoms with E-state index in [1.807, 2.05) is 6.07 Å². The van der Waals surface area contributed by atoms with E-state index in [0.29, 0.717) is 5.92 Å². The molecular weight excluding hydrogens is 287 g/mol. The molecule has 0 radical (unpaired) electrons. The van der Waals surface area contributed by atoms with Crippen molar-refractivity contribution >= 4 is 33.5 Å². The van der Waals surface area contributed by atoms with Crippen LogP contribution in [0.3, 0.4) is 0 Å². The summed E-state index contributed by atoms with van der Waals surface area (Å²) in [5.74, 6) is 0.443. The van der Waals surface area contributed by atoms with Gasteiger partial charge in [0, 0.05) is 8.96 Å². The Morgan fingerprint density at radius 1 is 1.21 bits per heavy atom. The van der Waals surface area contributed by atoms with E-state index in [2.05, 4.69) is 58.5 Å². The Hall–Kier alpha value is -0.710. The molecule has 1 heterocycles. The number of aromatic nitrogens is 2. The normalized spacial score (nSPS) is 11.1. The third-order valence-corrected chi connectivity index (χ3v) is 2.85. The zero-order chi connectivity index (χ0) is 10.1. The van der Waals surface area contributed by atoms with Gasteiger partial charge in [-0.25, -0.2) is 9.97 Å². The second-order valence-corrected chi connectivity index (χ2v) is 4.82. The Balaban J connectivity index is 2.77. The van der Waals surface area contributed by atoms with E-state index in [0.717, 1.165) is 11.2 Å². The van der Waals surface area contributed by atoms with Crippen LogP contribution in [-0.2, 0) is 0 Å². The summed E-state index contributed by atoms with van der Waals surface area (Å²) >= 11 is 2.31. The van der Waals surface area contributed by atoms with Crippen molar-refractivity contribution in [3.63, 3.8) is 0 Å². The van der Waals surface area contributed by atoms with Gasteiger partial charge in [-0.2, -0.15) is 0 Å². The molecule has 0 N–H and O–H groups in total. The maximum atomic E-state index is 4.33. The second-order valence-electron chi connectivity index (χ2n) is 3.58. The van der Waals surface area contributed by atoms with Crippen LogP contribution in [0.1, 0.15) is 25.5 Å². The van der Waals surface area contributed by atoms with Crippen LogP contribution in [0.2, 0.25) is 0 Å². The first-order chi connectivity index (χ1) is 6.68. The predicted octanol–water partition coefficient (Wildman–Crippen LogP) is 3.36. The number of hydrogen-bond donors (Lipinski definition) is 0. The summed E-state index contributed by atoms with van der Waals surface area (Å²) in [5.41, 5.74) is 2.16. The van der Waals surface area contributed by atoms with Crippen LogP contribution >= 0.6 is 22.6 Å². The minimum absolute atomic E-state index is 0.443. The van der Waals surface area contributed by atoms with Crippen molar-refractivity contribution in [2.24, 2.45) is 0 Å². The van der Waals surface area contributed by atoms with Gasteiger partial charge in [0.15, 0.2) is 0 Å². The summed E-state index contributed by atoms with van der Waals surface area (Å²) in [5, 5.41) is 1.18. The third-order valence-electron chi connectivity index (χ3n) is 2.18. The largest absolute Gasteiger partial charge is 0.240 e. The molecule has 0 aliphatic carbocycles. The molecule has 14 heavy (non-hydrogen) atoms. The fraction of sp³-hybridized carbons (Fsp3) is 0.273. The van der Waals surface area contributed by atoms with Gasteiger partial charge in [-0.05, 0) is 46.7 Å². The van der Waals surface area contributed by atoms with E-state index < -0.39 is 0 Å². The Kier molecular flexibility index (Phi) is 2.67. The number of nitrogens with zero attached hydrogens (tertiary/aromatic N) is 2. The molecule has 2 aromatic rings. The summed E-state index contributed by atoms with van der Waals surface area (Å²) in [4.78, 5) is 8.58. The molecule has 1 aromatic carbocycles. The maximum Gasteiger partial charge on any atom is 0.116 e. The highest BCUT2D eigenvalue weighted by Gasteiger charge is 2.07. The molecule has 1 aromatic heterocycles. The number of benzene rings is 1. The molecule has 2 nitrogen and oxygen atoms in total. The Morgan fingerprint density at radius 2 is 2.00 bits per heavy atom. The third kappa shape index (κ3) is 1.73. The molecule has 0 spiro atoms. The van der Waals surface area contributed by atoms with Gasteiger partial charge < -0.3 is 0 Å². The molecule has 0 aliphatic rings. The van der Waals surface area contributed by atoms with Crippen LogP contribution in [0.25, 0.3) is 10.9 Å². The van der Waals surface area contributed by atoms with Gasteiger partial charge in [-0.1, -0.05) is 13.8 Å². The number of rotatable bonds is 1. The molecule has 0 saturated heterocycles. The Morgan fingerprint density at radius 3 is 2.71 bits per heavy atom. The summed E-state index contributed by atoms with van der Waals surface area (Å²) < 4.78 is 1.23. The fourth-order valence-corrected chi connectivity index (χ4v) is 2.00. The lowest BCUT2D eigenvalue weighted by atomic mass is 10.1. The highest BCUT2D eigenvalue weighted by atomic mass is 127. The summed E-state index contributed by atoms with van der Waals surface area (Å²) in [7, 11) is 0. The quantitative estimate of drug-likeness (QED) is 0.754. The summed E-state index contributed by atoms with van der Waals surface area (Å²) in [6.07, 6.45) is 1.64. The van der Waals surface area contributed by atoms with Gasteiger partial charge in [0.25, 0.3) is 0 Å². The van der Waals surface area contributed by atoms with Crippen LogP contribution in [-0.4, -0.2) is 9.97 Å². The van der Waals surface area contributed by atoms with Crippen LogP contribution in [0.4, 0.5) is 0 Å². The molecule has 0 fully saturated rings. The van der Waals surface area contributed by atoms with Gasteiger partial charge in [0.2, 0.25) is 0 Å². The van der Waals surface area contributed by atoms with E-state index in [4.69, 9.17) is 0 Å². The molecule has 0 bridgehead atoms. The van der Waals surface area contributed by atoms with Gasteiger partial charge in [-0.15, -0.1) is 0 Å². The minimum Gasteiger partial charge on any atom is -0.240 e. The van der Waals surface area contributed by atoms with E-state index in [-0.39, 0.29) is 0 Å². The van der Waals surface area contributed by atoms with Crippen molar-refractivity contribution in [1.82, 2.24) is 9.97 Å². The lowest BCUT2D eigenvalue weighted by Crippen LogP contribution is -1.95. The summed E-state index contributed by atoms with van der Waals surface area (Å²) in [6.45, 7) is 4.31. The number of halogens is 1. The minimum atomic E-state index is 0.443. The zero-order valence-corrected chi connectivity index (χ0v) is 10.3. The molecule has 0 saturated carbocycles. The average Bonchev–Trinajstić information content (AvgIpc) is 2.16. The average molecular weight is 298 g/mol. The van der Waals surface area contributed by atoms with Crippen molar-refractivity contribution in [2.75, 3.05) is 0 Å². The standard InChI is InChI=1S/C11H11IN2/c1-7(2)11-9-5-8(12)3-4-10(9)13-6-14-11/h3-7H,1-2H3. The number of hydrogen-bond acceptors (Lipinski definition) is 2. The lowest BCUT2D eigenvalue weighted by molar-refractivity contribution is 0.828. The van der Waals surface area contributed by atoms with Gasteiger partial charge >= 0.3 is 0 Å². The Bertz CT molecular complexity index is 466. The van der Waals surface area contributed by atoms with Crippen molar-refractivity contribution in [2.45, 2.75) is 19.8 Å². The molecule has 2 rings (SSSR count). The monoisotopic (exact) mass is 298 g/mol. The first-order valence-electron chi connectivity index (χ1n) is 4.58. The SMILES string of the molecule is CC(C)c1ncnc2ccc(I)cc12. The smallest absolute Gasteiger partial charge is 0.116 e. The van der Waals surface area contributed by atoms with Crippen molar-refractivity contribution in [3.8, 4) is 0 Å². The predicted molar refractivity (Wildman–Crippen MR) is 66.3 cm³/mol. The van der Waals surface area contributed by atoms with Crippen molar-refractivity contribution in [3.05, 3.63) is 33.8 Å². The van der Waals surface area contributed by atoms with Crippen LogP contribution < -0.4 is 0 Å². The zero-order valence-electron chi connectivity index (χ0n) is 8.16. The molecule has 0 aliphatic heterocycles.